The number of nitrogens with zero attached hydrogens (tertiary/aromatic N) is 4. The zero-order valence-electron chi connectivity index (χ0n) is 21.0. The van der Waals surface area contributed by atoms with Gasteiger partial charge in [0.25, 0.3) is 0 Å². The summed E-state index contributed by atoms with van der Waals surface area (Å²) in [6.45, 7) is 15.4. The second-order valence-corrected chi connectivity index (χ2v) is 8.41. The Labute approximate surface area is 203 Å². The van der Waals surface area contributed by atoms with Crippen LogP contribution < -0.4 is 4.90 Å². The van der Waals surface area contributed by atoms with Crippen LogP contribution in [0, 0.1) is 6.92 Å². The van der Waals surface area contributed by atoms with E-state index in [1.54, 1.807) is 6.20 Å². The van der Waals surface area contributed by atoms with Gasteiger partial charge in [-0.05, 0) is 74.6 Å². The molecule has 8 nitrogen and oxygen atoms in total. The molecule has 1 aromatic carbocycles. The topological polar surface area (TPSA) is 78.9 Å². The number of ether oxygens (including phenoxy) is 3. The van der Waals surface area contributed by atoms with Crippen LogP contribution in [-0.2, 0) is 14.2 Å². The van der Waals surface area contributed by atoms with Crippen LogP contribution in [0.5, 0.6) is 0 Å². The molecule has 0 aromatic heterocycles. The minimum Gasteiger partial charge on any atom is -0.394 e. The molecular weight excluding hydrogens is 440 g/mol. The lowest BCUT2D eigenvalue weighted by atomic mass is 10.1. The number of rotatable bonds is 15. The summed E-state index contributed by atoms with van der Waals surface area (Å²) in [6, 6.07) is 6.13. The van der Waals surface area contributed by atoms with Crippen molar-refractivity contribution in [3.8, 4) is 0 Å². The van der Waals surface area contributed by atoms with Crippen molar-refractivity contribution in [2.24, 2.45) is 10.2 Å². The Morgan fingerprint density at radius 2 is 1.88 bits per heavy atom. The van der Waals surface area contributed by atoms with Crippen LogP contribution in [0.3, 0.4) is 0 Å². The van der Waals surface area contributed by atoms with Gasteiger partial charge in [-0.25, -0.2) is 4.58 Å². The van der Waals surface area contributed by atoms with Crippen molar-refractivity contribution in [3.63, 3.8) is 0 Å². The van der Waals surface area contributed by atoms with Crippen LogP contribution in [0.4, 0.5) is 11.4 Å². The predicted molar refractivity (Wildman–Crippen MR) is 137 cm³/mol. The maximum Gasteiger partial charge on any atom is 0.385 e. The average molecular weight is 482 g/mol. The number of aryl methyl sites for hydroxylation is 1. The van der Waals surface area contributed by atoms with Gasteiger partial charge in [0, 0.05) is 25.4 Å². The average Bonchev–Trinajstić information content (AvgIpc) is 2.81. The number of anilines is 1. The van der Waals surface area contributed by atoms with E-state index < -0.39 is 0 Å². The number of aliphatic hydroxyl groups excluding tert-OH is 1. The molecule has 0 aliphatic heterocycles. The first-order chi connectivity index (χ1) is 15.9. The third kappa shape index (κ3) is 11.3. The monoisotopic (exact) mass is 481 g/mol. The first kappa shape index (κ1) is 29.3. The van der Waals surface area contributed by atoms with Crippen molar-refractivity contribution in [2.75, 3.05) is 64.3 Å². The summed E-state index contributed by atoms with van der Waals surface area (Å²) in [6.07, 6.45) is 3.64. The second-order valence-electron chi connectivity index (χ2n) is 7.64. The summed E-state index contributed by atoms with van der Waals surface area (Å²) >= 11 is 1.51. The number of benzene rings is 1. The Balaban J connectivity index is 3.01. The van der Waals surface area contributed by atoms with E-state index in [1.165, 1.54) is 11.8 Å². The Morgan fingerprint density at radius 1 is 1.21 bits per heavy atom. The van der Waals surface area contributed by atoms with Gasteiger partial charge < -0.3 is 24.2 Å². The zero-order valence-corrected chi connectivity index (χ0v) is 21.8. The maximum atomic E-state index is 9.08. The lowest BCUT2D eigenvalue weighted by molar-refractivity contribution is -0.419. The SMILES string of the molecule is C=C[N+](C)=C(N=Nc1ccc(N(CC(C)OCCO)CC(C)OCCOCC)cc1C)SC. The molecule has 0 saturated heterocycles. The van der Waals surface area contributed by atoms with E-state index in [-0.39, 0.29) is 18.8 Å². The molecule has 0 saturated carbocycles. The van der Waals surface area contributed by atoms with E-state index in [0.29, 0.717) is 39.5 Å². The van der Waals surface area contributed by atoms with Crippen LogP contribution in [0.2, 0.25) is 0 Å². The van der Waals surface area contributed by atoms with Gasteiger partial charge >= 0.3 is 5.17 Å². The van der Waals surface area contributed by atoms with Crippen molar-refractivity contribution in [2.45, 2.75) is 39.9 Å². The maximum absolute atomic E-state index is 9.08. The van der Waals surface area contributed by atoms with Crippen molar-refractivity contribution in [1.82, 2.24) is 0 Å². The second kappa shape index (κ2) is 16.8. The van der Waals surface area contributed by atoms with E-state index in [1.807, 2.05) is 50.8 Å². The number of amidine groups is 1. The van der Waals surface area contributed by atoms with E-state index in [9.17, 15) is 0 Å². The van der Waals surface area contributed by atoms with E-state index in [2.05, 4.69) is 34.7 Å². The van der Waals surface area contributed by atoms with Gasteiger partial charge in [-0.2, -0.15) is 0 Å². The van der Waals surface area contributed by atoms with Crippen LogP contribution in [0.1, 0.15) is 26.3 Å². The molecule has 0 amide bonds. The van der Waals surface area contributed by atoms with Gasteiger partial charge in [0.2, 0.25) is 0 Å². The molecule has 0 spiro atoms. The largest absolute Gasteiger partial charge is 0.394 e. The fourth-order valence-corrected chi connectivity index (χ4v) is 3.58. The summed E-state index contributed by atoms with van der Waals surface area (Å²) in [5.74, 6) is 0. The highest BCUT2D eigenvalue weighted by Crippen LogP contribution is 2.26. The smallest absolute Gasteiger partial charge is 0.385 e. The van der Waals surface area contributed by atoms with Crippen LogP contribution in [0.25, 0.3) is 0 Å². The minimum atomic E-state index is -0.0411. The Hall–Kier alpha value is -1.78. The number of azo groups is 1. The molecule has 1 aromatic rings. The van der Waals surface area contributed by atoms with Crippen molar-refractivity contribution in [3.05, 3.63) is 36.5 Å². The molecule has 0 fully saturated rings. The van der Waals surface area contributed by atoms with Gasteiger partial charge in [-0.3, -0.25) is 0 Å². The zero-order chi connectivity index (χ0) is 24.6. The molecule has 0 aliphatic carbocycles. The highest BCUT2D eigenvalue weighted by atomic mass is 32.2. The molecule has 1 N–H and O–H groups in total. The molecule has 0 heterocycles. The summed E-state index contributed by atoms with van der Waals surface area (Å²) in [5.41, 5.74) is 2.90. The molecule has 0 bridgehead atoms. The Morgan fingerprint density at radius 3 is 2.42 bits per heavy atom. The minimum absolute atomic E-state index is 0.0101. The Bertz CT molecular complexity index is 773. The summed E-state index contributed by atoms with van der Waals surface area (Å²) in [5, 5.41) is 18.6. The molecule has 2 atom stereocenters. The number of aliphatic hydroxyl groups is 1. The van der Waals surface area contributed by atoms with Crippen LogP contribution in [0.15, 0.2) is 41.2 Å². The molecule has 9 heteroatoms. The summed E-state index contributed by atoms with van der Waals surface area (Å²) in [4.78, 5) is 2.24. The summed E-state index contributed by atoms with van der Waals surface area (Å²) < 4.78 is 18.8. The molecule has 0 aliphatic rings. The van der Waals surface area contributed by atoms with E-state index in [4.69, 9.17) is 19.3 Å². The lowest BCUT2D eigenvalue weighted by Gasteiger charge is -2.30. The van der Waals surface area contributed by atoms with Gasteiger partial charge in [-0.15, -0.1) is 0 Å². The fraction of sp³-hybridized carbons (Fsp3) is 0.625. The molecule has 186 valence electrons. The number of hydrogen-bond acceptors (Lipinski definition) is 7. The molecule has 2 unspecified atom stereocenters. The quantitative estimate of drug-likeness (QED) is 0.133. The number of hydrogen-bond donors (Lipinski definition) is 1. The van der Waals surface area contributed by atoms with Crippen LogP contribution >= 0.6 is 11.8 Å². The van der Waals surface area contributed by atoms with Crippen molar-refractivity contribution in [1.29, 1.82) is 0 Å². The molecular formula is C24H41N4O4S+. The summed E-state index contributed by atoms with van der Waals surface area (Å²) in [7, 11) is 1.89. The van der Waals surface area contributed by atoms with E-state index in [0.717, 1.165) is 22.1 Å². The predicted octanol–water partition coefficient (Wildman–Crippen LogP) is 4.23. The van der Waals surface area contributed by atoms with Gasteiger partial charge in [-0.1, -0.05) is 6.58 Å². The van der Waals surface area contributed by atoms with E-state index >= 15 is 0 Å². The van der Waals surface area contributed by atoms with Gasteiger partial charge in [0.15, 0.2) is 0 Å². The van der Waals surface area contributed by atoms with Crippen molar-refractivity contribution < 1.29 is 23.9 Å². The highest BCUT2D eigenvalue weighted by molar-refractivity contribution is 8.13. The molecule has 1 rings (SSSR count). The third-order valence-electron chi connectivity index (χ3n) is 4.83. The normalized spacial score (nSPS) is 14.3. The standard InChI is InChI=1S/C24H41N4O4S/c1-8-27(6)24(33-7)26-25-23-11-10-22(16-19(23)3)28(17-20(4)31-13-12-29)18-21(5)32-15-14-30-9-2/h8,10-11,16,20-21,29H,1,9,12-15,17-18H2,2-7H3/q+1. The van der Waals surface area contributed by atoms with Crippen LogP contribution in [-0.4, -0.2) is 86.5 Å². The third-order valence-corrected chi connectivity index (χ3v) is 5.56. The van der Waals surface area contributed by atoms with Crippen molar-refractivity contribution >= 4 is 28.3 Å². The first-order valence-corrected chi connectivity index (χ1v) is 12.5. The molecule has 33 heavy (non-hydrogen) atoms. The molecule has 0 radical (unpaired) electrons. The number of thioether (sulfide) groups is 1. The van der Waals surface area contributed by atoms with Gasteiger partial charge in [0.1, 0.15) is 5.69 Å². The highest BCUT2D eigenvalue weighted by Gasteiger charge is 2.17. The lowest BCUT2D eigenvalue weighted by Crippen LogP contribution is -2.38. The fourth-order valence-electron chi connectivity index (χ4n) is 3.10. The first-order valence-electron chi connectivity index (χ1n) is 11.3. The van der Waals surface area contributed by atoms with Gasteiger partial charge in [0.05, 0.1) is 57.0 Å². The Kier molecular flexibility index (Phi) is 14.9.